The summed E-state index contributed by atoms with van der Waals surface area (Å²) in [6.07, 6.45) is 0. The third-order valence-electron chi connectivity index (χ3n) is 2.75. The van der Waals surface area contributed by atoms with Gasteiger partial charge < -0.3 is 5.11 Å². The fraction of sp³-hybridized carbons (Fsp3) is 0.0714. The molecule has 2 heterocycles. The van der Waals surface area contributed by atoms with Gasteiger partial charge in [-0.25, -0.2) is 0 Å². The highest BCUT2D eigenvalue weighted by atomic mass is 35.5. The number of hydrogen-bond acceptors (Lipinski definition) is 7. The molecule has 0 spiro atoms. The first-order valence-electron chi connectivity index (χ1n) is 6.40. The molecule has 1 amide bonds. The normalized spacial score (nSPS) is 10.7. The Labute approximate surface area is 149 Å². The maximum absolute atomic E-state index is 12.1. The van der Waals surface area contributed by atoms with Crippen LogP contribution in [0.5, 0.6) is 5.75 Å². The zero-order chi connectivity index (χ0) is 16.2. The molecule has 0 saturated heterocycles. The second-order valence-corrected chi connectivity index (χ2v) is 8.03. The number of carbonyl (C=O) groups excluding carboxylic acids is 1. The van der Waals surface area contributed by atoms with Crippen molar-refractivity contribution in [1.82, 2.24) is 10.2 Å². The molecule has 23 heavy (non-hydrogen) atoms. The zero-order valence-corrected chi connectivity index (χ0v) is 14.7. The van der Waals surface area contributed by atoms with Crippen molar-refractivity contribution >= 4 is 57.1 Å². The average molecular weight is 384 g/mol. The minimum atomic E-state index is -0.476. The van der Waals surface area contributed by atoms with Gasteiger partial charge in [0.05, 0.1) is 5.56 Å². The standard InChI is InChI=1S/C14H10ClN3O2S3/c15-8-3-4-11(19)10(6-8)12(20)16-13-17-18-14(23-13)22-7-9-2-1-5-21-9/h1-6,19H,7H2,(H,16,17,20). The highest BCUT2D eigenvalue weighted by Crippen LogP contribution is 2.30. The number of aromatic nitrogens is 2. The van der Waals surface area contributed by atoms with Gasteiger partial charge in [-0.05, 0) is 29.6 Å². The molecule has 5 nitrogen and oxygen atoms in total. The molecule has 0 aliphatic heterocycles. The molecule has 0 atom stereocenters. The van der Waals surface area contributed by atoms with E-state index in [0.29, 0.717) is 10.2 Å². The van der Waals surface area contributed by atoms with Crippen LogP contribution < -0.4 is 5.32 Å². The number of benzene rings is 1. The van der Waals surface area contributed by atoms with Gasteiger partial charge in [0, 0.05) is 15.7 Å². The molecule has 2 N–H and O–H groups in total. The van der Waals surface area contributed by atoms with Gasteiger partial charge in [-0.3, -0.25) is 10.1 Å². The van der Waals surface area contributed by atoms with Crippen LogP contribution in [0.15, 0.2) is 40.1 Å². The number of phenols is 1. The fourth-order valence-electron chi connectivity index (χ4n) is 1.70. The first-order chi connectivity index (χ1) is 11.1. The predicted molar refractivity (Wildman–Crippen MR) is 94.9 cm³/mol. The number of hydrogen-bond donors (Lipinski definition) is 2. The Morgan fingerprint density at radius 2 is 2.22 bits per heavy atom. The van der Waals surface area contributed by atoms with Crippen LogP contribution in [-0.4, -0.2) is 21.2 Å². The molecule has 2 aromatic heterocycles. The minimum absolute atomic E-state index is 0.0977. The largest absolute Gasteiger partial charge is 0.507 e. The number of amides is 1. The molecule has 3 rings (SSSR count). The van der Waals surface area contributed by atoms with Gasteiger partial charge in [-0.1, -0.05) is 40.8 Å². The van der Waals surface area contributed by atoms with E-state index in [9.17, 15) is 9.90 Å². The molecule has 0 fully saturated rings. The lowest BCUT2D eigenvalue weighted by Crippen LogP contribution is -2.11. The lowest BCUT2D eigenvalue weighted by molar-refractivity contribution is 0.102. The number of aromatic hydroxyl groups is 1. The van der Waals surface area contributed by atoms with E-state index in [2.05, 4.69) is 21.6 Å². The molecule has 0 aliphatic rings. The number of thioether (sulfide) groups is 1. The Hall–Kier alpha value is -1.61. The van der Waals surface area contributed by atoms with Crippen molar-refractivity contribution in [2.75, 3.05) is 5.32 Å². The zero-order valence-electron chi connectivity index (χ0n) is 11.5. The summed E-state index contributed by atoms with van der Waals surface area (Å²) in [5.74, 6) is 0.203. The van der Waals surface area contributed by atoms with Gasteiger partial charge in [0.25, 0.3) is 5.91 Å². The van der Waals surface area contributed by atoms with Crippen molar-refractivity contribution in [3.8, 4) is 5.75 Å². The molecule has 0 aliphatic carbocycles. The SMILES string of the molecule is O=C(Nc1nnc(SCc2cccs2)s1)c1cc(Cl)ccc1O. The van der Waals surface area contributed by atoms with Gasteiger partial charge in [-0.15, -0.1) is 21.5 Å². The topological polar surface area (TPSA) is 75.1 Å². The van der Waals surface area contributed by atoms with Crippen LogP contribution in [0.4, 0.5) is 5.13 Å². The Morgan fingerprint density at radius 1 is 1.35 bits per heavy atom. The lowest BCUT2D eigenvalue weighted by Gasteiger charge is -2.04. The maximum atomic E-state index is 12.1. The first-order valence-corrected chi connectivity index (χ1v) is 9.46. The summed E-state index contributed by atoms with van der Waals surface area (Å²) in [5.41, 5.74) is 0.0977. The van der Waals surface area contributed by atoms with Crippen molar-refractivity contribution in [3.05, 3.63) is 51.2 Å². The Kier molecular flexibility index (Phi) is 5.16. The number of thiophene rings is 1. The summed E-state index contributed by atoms with van der Waals surface area (Å²) >= 11 is 10.4. The molecular weight excluding hydrogens is 374 g/mol. The summed E-state index contributed by atoms with van der Waals surface area (Å²) in [6, 6.07) is 8.35. The summed E-state index contributed by atoms with van der Waals surface area (Å²) < 4.78 is 0.768. The number of carbonyl (C=O) groups is 1. The quantitative estimate of drug-likeness (QED) is 0.501. The average Bonchev–Trinajstić information content (AvgIpc) is 3.19. The minimum Gasteiger partial charge on any atom is -0.507 e. The van der Waals surface area contributed by atoms with Crippen LogP contribution in [0.2, 0.25) is 5.02 Å². The second kappa shape index (κ2) is 7.31. The molecule has 0 saturated carbocycles. The molecule has 118 valence electrons. The van der Waals surface area contributed by atoms with E-state index in [1.807, 2.05) is 11.4 Å². The van der Waals surface area contributed by atoms with E-state index >= 15 is 0 Å². The predicted octanol–water partition coefficient (Wildman–Crippen LogP) is 4.50. The van der Waals surface area contributed by atoms with E-state index in [-0.39, 0.29) is 11.3 Å². The number of anilines is 1. The summed E-state index contributed by atoms with van der Waals surface area (Å²) in [6.45, 7) is 0. The molecule has 0 unspecified atom stereocenters. The fourth-order valence-corrected chi connectivity index (χ4v) is 4.39. The van der Waals surface area contributed by atoms with Crippen LogP contribution in [0.3, 0.4) is 0 Å². The lowest BCUT2D eigenvalue weighted by atomic mass is 10.2. The summed E-state index contributed by atoms with van der Waals surface area (Å²) in [4.78, 5) is 13.4. The first kappa shape index (κ1) is 16.3. The Bertz CT molecular complexity index is 821. The van der Waals surface area contributed by atoms with Gasteiger partial charge >= 0.3 is 0 Å². The van der Waals surface area contributed by atoms with Crippen molar-refractivity contribution in [2.24, 2.45) is 0 Å². The molecule has 9 heteroatoms. The second-order valence-electron chi connectivity index (χ2n) is 4.36. The number of phenolic OH excluding ortho intramolecular Hbond substituents is 1. The van der Waals surface area contributed by atoms with Crippen molar-refractivity contribution < 1.29 is 9.90 Å². The van der Waals surface area contributed by atoms with Crippen molar-refractivity contribution in [1.29, 1.82) is 0 Å². The smallest absolute Gasteiger partial charge is 0.261 e. The molecule has 3 aromatic rings. The van der Waals surface area contributed by atoms with Crippen LogP contribution in [0.1, 0.15) is 15.2 Å². The van der Waals surface area contributed by atoms with Crippen LogP contribution in [0, 0.1) is 0 Å². The van der Waals surface area contributed by atoms with Crippen molar-refractivity contribution in [3.63, 3.8) is 0 Å². The Balaban J connectivity index is 1.64. The molecule has 0 bridgehead atoms. The number of nitrogens with zero attached hydrogens (tertiary/aromatic N) is 2. The summed E-state index contributed by atoms with van der Waals surface area (Å²) in [5, 5.41) is 23.1. The highest BCUT2D eigenvalue weighted by molar-refractivity contribution is 8.00. The van der Waals surface area contributed by atoms with E-state index < -0.39 is 5.91 Å². The van der Waals surface area contributed by atoms with Gasteiger partial charge in [0.1, 0.15) is 5.75 Å². The van der Waals surface area contributed by atoms with Gasteiger partial charge in [0.2, 0.25) is 5.13 Å². The van der Waals surface area contributed by atoms with E-state index in [1.54, 1.807) is 23.1 Å². The number of halogens is 1. The van der Waals surface area contributed by atoms with E-state index in [0.717, 1.165) is 10.1 Å². The Morgan fingerprint density at radius 3 is 3.00 bits per heavy atom. The van der Waals surface area contributed by atoms with Gasteiger partial charge in [-0.2, -0.15) is 0 Å². The van der Waals surface area contributed by atoms with Crippen LogP contribution in [-0.2, 0) is 5.75 Å². The monoisotopic (exact) mass is 383 g/mol. The molecular formula is C14H10ClN3O2S3. The third-order valence-corrected chi connectivity index (χ3v) is 6.06. The van der Waals surface area contributed by atoms with Gasteiger partial charge in [0.15, 0.2) is 4.34 Å². The van der Waals surface area contributed by atoms with Crippen LogP contribution >= 0.6 is 46.0 Å². The maximum Gasteiger partial charge on any atom is 0.261 e. The number of rotatable bonds is 5. The summed E-state index contributed by atoms with van der Waals surface area (Å²) in [7, 11) is 0. The van der Waals surface area contributed by atoms with Crippen LogP contribution in [0.25, 0.3) is 0 Å². The molecule has 1 aromatic carbocycles. The van der Waals surface area contributed by atoms with E-state index in [4.69, 9.17) is 11.6 Å². The van der Waals surface area contributed by atoms with Crippen molar-refractivity contribution in [2.45, 2.75) is 10.1 Å². The highest BCUT2D eigenvalue weighted by Gasteiger charge is 2.14. The molecule has 0 radical (unpaired) electrons. The van der Waals surface area contributed by atoms with E-state index in [1.165, 1.54) is 34.4 Å². The number of nitrogens with one attached hydrogen (secondary N) is 1. The third kappa shape index (κ3) is 4.23.